The molecule has 8 nitrogen and oxygen atoms in total. The number of imide groups is 1. The number of nitrogens with zero attached hydrogens (tertiary/aromatic N) is 1. The predicted molar refractivity (Wildman–Crippen MR) is 110 cm³/mol. The highest BCUT2D eigenvalue weighted by molar-refractivity contribution is 7.89. The van der Waals surface area contributed by atoms with Crippen LogP contribution in [0.1, 0.15) is 12.8 Å². The number of para-hydroxylation sites is 1. The highest BCUT2D eigenvalue weighted by atomic mass is 32.2. The maximum absolute atomic E-state index is 13.0. The SMILES string of the molecule is O=C(CN1CCC(NS(=O)(=O)c2ccc(F)cc2)CC1)NC(=O)Nc1ccccc1. The average molecular weight is 434 g/mol. The Balaban J connectivity index is 1.42. The van der Waals surface area contributed by atoms with Crippen LogP contribution >= 0.6 is 0 Å². The lowest BCUT2D eigenvalue weighted by Crippen LogP contribution is -2.48. The average Bonchev–Trinajstić information content (AvgIpc) is 2.70. The number of carbonyl (C=O) groups excluding carboxylic acids is 2. The van der Waals surface area contributed by atoms with E-state index in [1.807, 2.05) is 11.0 Å². The molecule has 2 aromatic carbocycles. The lowest BCUT2D eigenvalue weighted by atomic mass is 10.1. The summed E-state index contributed by atoms with van der Waals surface area (Å²) in [5.74, 6) is -0.938. The molecule has 0 atom stereocenters. The van der Waals surface area contributed by atoms with Gasteiger partial charge in [0, 0.05) is 24.8 Å². The van der Waals surface area contributed by atoms with Crippen LogP contribution < -0.4 is 15.4 Å². The molecule has 0 aromatic heterocycles. The molecule has 0 radical (unpaired) electrons. The zero-order chi connectivity index (χ0) is 21.6. The van der Waals surface area contributed by atoms with Gasteiger partial charge in [0.25, 0.3) is 0 Å². The van der Waals surface area contributed by atoms with E-state index in [9.17, 15) is 22.4 Å². The Bertz CT molecular complexity index is 976. The molecule has 0 bridgehead atoms. The Kier molecular flexibility index (Phi) is 7.14. The van der Waals surface area contributed by atoms with Gasteiger partial charge in [-0.3, -0.25) is 15.0 Å². The molecule has 2 aromatic rings. The smallest absolute Gasteiger partial charge is 0.308 e. The highest BCUT2D eigenvalue weighted by Crippen LogP contribution is 2.15. The molecule has 3 amide bonds. The first-order valence-electron chi connectivity index (χ1n) is 9.48. The van der Waals surface area contributed by atoms with Crippen molar-refractivity contribution in [3.8, 4) is 0 Å². The number of sulfonamides is 1. The number of carbonyl (C=O) groups is 2. The number of likely N-dealkylation sites (tertiary alicyclic amines) is 1. The molecule has 1 fully saturated rings. The number of amides is 3. The van der Waals surface area contributed by atoms with E-state index in [4.69, 9.17) is 0 Å². The van der Waals surface area contributed by atoms with E-state index >= 15 is 0 Å². The zero-order valence-electron chi connectivity index (χ0n) is 16.2. The number of benzene rings is 2. The molecule has 0 saturated carbocycles. The predicted octanol–water partition coefficient (Wildman–Crippen LogP) is 1.92. The van der Waals surface area contributed by atoms with Gasteiger partial charge in [-0.25, -0.2) is 22.3 Å². The third-order valence-corrected chi connectivity index (χ3v) is 6.22. The molecule has 30 heavy (non-hydrogen) atoms. The highest BCUT2D eigenvalue weighted by Gasteiger charge is 2.25. The van der Waals surface area contributed by atoms with Gasteiger partial charge >= 0.3 is 6.03 Å². The largest absolute Gasteiger partial charge is 0.325 e. The van der Waals surface area contributed by atoms with Crippen LogP contribution in [0.5, 0.6) is 0 Å². The molecule has 10 heteroatoms. The van der Waals surface area contributed by atoms with Gasteiger partial charge in [0.15, 0.2) is 0 Å². The summed E-state index contributed by atoms with van der Waals surface area (Å²) in [6.45, 7) is 1.05. The molecule has 1 heterocycles. The van der Waals surface area contributed by atoms with E-state index in [2.05, 4.69) is 15.4 Å². The third-order valence-electron chi connectivity index (χ3n) is 4.69. The van der Waals surface area contributed by atoms with E-state index in [0.717, 1.165) is 12.1 Å². The Morgan fingerprint density at radius 3 is 2.27 bits per heavy atom. The van der Waals surface area contributed by atoms with Crippen molar-refractivity contribution in [2.75, 3.05) is 25.0 Å². The molecule has 160 valence electrons. The van der Waals surface area contributed by atoms with Gasteiger partial charge in [0.2, 0.25) is 15.9 Å². The van der Waals surface area contributed by atoms with Crippen LogP contribution in [0.25, 0.3) is 0 Å². The van der Waals surface area contributed by atoms with E-state index in [1.54, 1.807) is 24.3 Å². The summed E-state index contributed by atoms with van der Waals surface area (Å²) in [4.78, 5) is 25.8. The molecule has 1 saturated heterocycles. The molecule has 0 unspecified atom stereocenters. The van der Waals surface area contributed by atoms with Crippen LogP contribution in [0.3, 0.4) is 0 Å². The van der Waals surface area contributed by atoms with Crippen LogP contribution in [0.15, 0.2) is 59.5 Å². The van der Waals surface area contributed by atoms with Crippen molar-refractivity contribution in [2.45, 2.75) is 23.8 Å². The Morgan fingerprint density at radius 1 is 1.00 bits per heavy atom. The van der Waals surface area contributed by atoms with Gasteiger partial charge in [-0.2, -0.15) is 0 Å². The van der Waals surface area contributed by atoms with Crippen molar-refractivity contribution < 1.29 is 22.4 Å². The number of rotatable bonds is 6. The third kappa shape index (κ3) is 6.34. The summed E-state index contributed by atoms with van der Waals surface area (Å²) < 4.78 is 40.4. The molecular formula is C20H23FN4O4S. The summed E-state index contributed by atoms with van der Waals surface area (Å²) in [5.41, 5.74) is 0.581. The Labute approximate surface area is 174 Å². The Morgan fingerprint density at radius 2 is 1.63 bits per heavy atom. The van der Waals surface area contributed by atoms with Gasteiger partial charge in [-0.15, -0.1) is 0 Å². The second-order valence-corrected chi connectivity index (χ2v) is 8.71. The van der Waals surface area contributed by atoms with Gasteiger partial charge < -0.3 is 5.32 Å². The fourth-order valence-electron chi connectivity index (χ4n) is 3.16. The van der Waals surface area contributed by atoms with E-state index in [0.29, 0.717) is 31.6 Å². The second-order valence-electron chi connectivity index (χ2n) is 6.99. The molecule has 3 N–H and O–H groups in total. The molecule has 1 aliphatic rings. The van der Waals surface area contributed by atoms with Crippen molar-refractivity contribution in [2.24, 2.45) is 0 Å². The monoisotopic (exact) mass is 434 g/mol. The number of nitrogens with one attached hydrogen (secondary N) is 3. The number of hydrogen-bond acceptors (Lipinski definition) is 5. The van der Waals surface area contributed by atoms with Crippen LogP contribution in [-0.2, 0) is 14.8 Å². The maximum atomic E-state index is 13.0. The lowest BCUT2D eigenvalue weighted by molar-refractivity contribution is -0.121. The standard InChI is InChI=1S/C20H23FN4O4S/c21-15-6-8-18(9-7-15)30(28,29)24-17-10-12-25(13-11-17)14-19(26)23-20(27)22-16-4-2-1-3-5-16/h1-9,17,24H,10-14H2,(H2,22,23,26,27). The van der Waals surface area contributed by atoms with Crippen LogP contribution in [0, 0.1) is 5.82 Å². The first-order chi connectivity index (χ1) is 14.3. The quantitative estimate of drug-likeness (QED) is 0.644. The first-order valence-corrected chi connectivity index (χ1v) is 11.0. The number of piperidine rings is 1. The molecule has 0 aliphatic carbocycles. The lowest BCUT2D eigenvalue weighted by Gasteiger charge is -2.31. The number of anilines is 1. The van der Waals surface area contributed by atoms with Gasteiger partial charge in [-0.05, 0) is 49.2 Å². The molecule has 0 spiro atoms. The fraction of sp³-hybridized carbons (Fsp3) is 0.300. The normalized spacial score (nSPS) is 15.5. The molecular weight excluding hydrogens is 411 g/mol. The van der Waals surface area contributed by atoms with Crippen LogP contribution in [0.4, 0.5) is 14.9 Å². The number of urea groups is 1. The zero-order valence-corrected chi connectivity index (χ0v) is 17.0. The summed E-state index contributed by atoms with van der Waals surface area (Å²) in [6, 6.07) is 12.5. The van der Waals surface area contributed by atoms with Crippen molar-refractivity contribution in [1.29, 1.82) is 0 Å². The molecule has 3 rings (SSSR count). The number of hydrogen-bond donors (Lipinski definition) is 3. The summed E-state index contributed by atoms with van der Waals surface area (Å²) >= 11 is 0. The maximum Gasteiger partial charge on any atom is 0.325 e. The van der Waals surface area contributed by atoms with E-state index < -0.39 is 27.8 Å². The second kappa shape index (κ2) is 9.79. The fourth-order valence-corrected chi connectivity index (χ4v) is 4.47. The summed E-state index contributed by atoms with van der Waals surface area (Å²) in [7, 11) is -3.73. The summed E-state index contributed by atoms with van der Waals surface area (Å²) in [5, 5.41) is 4.85. The van der Waals surface area contributed by atoms with Crippen molar-refractivity contribution in [3.05, 3.63) is 60.4 Å². The van der Waals surface area contributed by atoms with Gasteiger partial charge in [-0.1, -0.05) is 18.2 Å². The van der Waals surface area contributed by atoms with Crippen molar-refractivity contribution in [3.63, 3.8) is 0 Å². The van der Waals surface area contributed by atoms with Crippen molar-refractivity contribution in [1.82, 2.24) is 14.9 Å². The number of halogens is 1. The minimum absolute atomic E-state index is 0.00939. The van der Waals surface area contributed by atoms with Crippen LogP contribution in [-0.4, -0.2) is 50.9 Å². The molecule has 1 aliphatic heterocycles. The summed E-state index contributed by atoms with van der Waals surface area (Å²) in [6.07, 6.45) is 1.04. The first kappa shape index (κ1) is 21.9. The van der Waals surface area contributed by atoms with E-state index in [-0.39, 0.29) is 17.5 Å². The minimum atomic E-state index is -3.73. The van der Waals surface area contributed by atoms with E-state index in [1.165, 1.54) is 12.1 Å². The van der Waals surface area contributed by atoms with Gasteiger partial charge in [0.05, 0.1) is 11.4 Å². The minimum Gasteiger partial charge on any atom is -0.308 e. The van der Waals surface area contributed by atoms with Gasteiger partial charge in [0.1, 0.15) is 5.82 Å². The topological polar surface area (TPSA) is 108 Å². The van der Waals surface area contributed by atoms with Crippen LogP contribution in [0.2, 0.25) is 0 Å². The van der Waals surface area contributed by atoms with Crippen molar-refractivity contribution >= 4 is 27.6 Å². The Hall–Kier alpha value is -2.82.